The first-order valence-corrected chi connectivity index (χ1v) is 9.00. The molecule has 0 aliphatic rings. The summed E-state index contributed by atoms with van der Waals surface area (Å²) >= 11 is 0. The third-order valence-electron chi connectivity index (χ3n) is 4.84. The maximum absolute atomic E-state index is 13.1. The number of carboxylic acid groups (broad SMARTS) is 1. The van der Waals surface area contributed by atoms with Gasteiger partial charge in [0.1, 0.15) is 11.3 Å². The summed E-state index contributed by atoms with van der Waals surface area (Å²) in [5.74, 6) is -1.76. The molecule has 4 nitrogen and oxygen atoms in total. The Hall–Kier alpha value is -2.62. The number of benzene rings is 2. The molecular weight excluding hydrogens is 340 g/mol. The van der Waals surface area contributed by atoms with Gasteiger partial charge in [-0.15, -0.1) is 0 Å². The van der Waals surface area contributed by atoms with Gasteiger partial charge in [0.15, 0.2) is 5.78 Å². The number of hydrogen-bond donors (Lipinski definition) is 2. The Labute approximate surface area is 160 Å². The average Bonchev–Trinajstić information content (AvgIpc) is 2.52. The maximum Gasteiger partial charge on any atom is 0.339 e. The van der Waals surface area contributed by atoms with Crippen LogP contribution in [0.3, 0.4) is 0 Å². The van der Waals surface area contributed by atoms with Crippen LogP contribution in [0.2, 0.25) is 0 Å². The lowest BCUT2D eigenvalue weighted by molar-refractivity contribution is 0.0692. The molecule has 0 aliphatic carbocycles. The van der Waals surface area contributed by atoms with Gasteiger partial charge in [-0.25, -0.2) is 4.79 Å². The van der Waals surface area contributed by atoms with Crippen molar-refractivity contribution in [3.05, 3.63) is 63.7 Å². The monoisotopic (exact) mass is 368 g/mol. The van der Waals surface area contributed by atoms with Crippen molar-refractivity contribution in [1.29, 1.82) is 0 Å². The predicted octanol–water partition coefficient (Wildman–Crippen LogP) is 5.22. The summed E-state index contributed by atoms with van der Waals surface area (Å²) in [6, 6.07) is 9.01. The van der Waals surface area contributed by atoms with Crippen molar-refractivity contribution in [3.63, 3.8) is 0 Å². The van der Waals surface area contributed by atoms with Crippen molar-refractivity contribution >= 4 is 11.8 Å². The number of hydrogen-bond acceptors (Lipinski definition) is 3. The van der Waals surface area contributed by atoms with E-state index in [0.717, 1.165) is 5.56 Å². The normalized spacial score (nSPS) is 12.1. The Balaban J connectivity index is 2.65. The second kappa shape index (κ2) is 6.84. The van der Waals surface area contributed by atoms with Crippen molar-refractivity contribution in [2.24, 2.45) is 0 Å². The summed E-state index contributed by atoms with van der Waals surface area (Å²) in [6.07, 6.45) is 0. The van der Waals surface area contributed by atoms with Crippen molar-refractivity contribution in [2.45, 2.75) is 59.3 Å². The first-order chi connectivity index (χ1) is 12.2. The second-order valence-corrected chi connectivity index (χ2v) is 9.03. The Morgan fingerprint density at radius 1 is 0.889 bits per heavy atom. The Morgan fingerprint density at radius 2 is 1.41 bits per heavy atom. The van der Waals surface area contributed by atoms with E-state index in [1.165, 1.54) is 0 Å². The summed E-state index contributed by atoms with van der Waals surface area (Å²) in [5, 5.41) is 20.1. The predicted molar refractivity (Wildman–Crippen MR) is 107 cm³/mol. The maximum atomic E-state index is 13.1. The van der Waals surface area contributed by atoms with Gasteiger partial charge in [0, 0.05) is 16.7 Å². The molecule has 2 aromatic carbocycles. The van der Waals surface area contributed by atoms with E-state index in [9.17, 15) is 19.8 Å². The number of phenols is 1. The van der Waals surface area contributed by atoms with Crippen molar-refractivity contribution in [2.75, 3.05) is 0 Å². The van der Waals surface area contributed by atoms with Gasteiger partial charge in [-0.05, 0) is 34.9 Å². The molecule has 0 bridgehead atoms. The van der Waals surface area contributed by atoms with Gasteiger partial charge in [-0.3, -0.25) is 4.79 Å². The Morgan fingerprint density at radius 3 is 1.81 bits per heavy atom. The number of carbonyl (C=O) groups excluding carboxylic acids is 1. The van der Waals surface area contributed by atoms with Crippen molar-refractivity contribution in [3.8, 4) is 5.75 Å². The van der Waals surface area contributed by atoms with Crippen LogP contribution in [-0.4, -0.2) is 22.0 Å². The van der Waals surface area contributed by atoms with Crippen molar-refractivity contribution in [1.82, 2.24) is 0 Å². The van der Waals surface area contributed by atoms with Crippen LogP contribution in [0.1, 0.15) is 84.5 Å². The van der Waals surface area contributed by atoms with Gasteiger partial charge in [-0.2, -0.15) is 0 Å². The number of carboxylic acids is 1. The lowest BCUT2D eigenvalue weighted by Crippen LogP contribution is -2.18. The summed E-state index contributed by atoms with van der Waals surface area (Å²) in [7, 11) is 0. The number of aromatic hydroxyl groups is 1. The molecule has 2 rings (SSSR count). The van der Waals surface area contributed by atoms with Crippen LogP contribution in [0.4, 0.5) is 0 Å². The molecule has 0 saturated heterocycles. The highest BCUT2D eigenvalue weighted by Crippen LogP contribution is 2.37. The van der Waals surface area contributed by atoms with E-state index in [2.05, 4.69) is 20.8 Å². The molecule has 0 radical (unpaired) electrons. The largest absolute Gasteiger partial charge is 0.507 e. The van der Waals surface area contributed by atoms with Gasteiger partial charge in [0.25, 0.3) is 0 Å². The van der Waals surface area contributed by atoms with Crippen LogP contribution in [0, 0.1) is 6.92 Å². The molecule has 0 unspecified atom stereocenters. The first-order valence-electron chi connectivity index (χ1n) is 9.00. The summed E-state index contributed by atoms with van der Waals surface area (Å²) in [5.41, 5.74) is 1.89. The zero-order valence-electron chi connectivity index (χ0n) is 17.1. The van der Waals surface area contributed by atoms with E-state index in [-0.39, 0.29) is 28.1 Å². The second-order valence-electron chi connectivity index (χ2n) is 9.03. The minimum atomic E-state index is -1.24. The van der Waals surface area contributed by atoms with Gasteiger partial charge in [0.05, 0.1) is 0 Å². The van der Waals surface area contributed by atoms with Gasteiger partial charge >= 0.3 is 5.97 Å². The topological polar surface area (TPSA) is 74.6 Å². The molecule has 0 amide bonds. The van der Waals surface area contributed by atoms with Crippen LogP contribution in [-0.2, 0) is 10.8 Å². The molecule has 0 saturated carbocycles. The van der Waals surface area contributed by atoms with Gasteiger partial charge < -0.3 is 10.2 Å². The molecule has 144 valence electrons. The summed E-state index contributed by atoms with van der Waals surface area (Å²) < 4.78 is 0. The molecular formula is C23H28O4. The van der Waals surface area contributed by atoms with Crippen LogP contribution in [0.25, 0.3) is 0 Å². The molecule has 0 fully saturated rings. The molecule has 2 N–H and O–H groups in total. The molecule has 0 aromatic heterocycles. The van der Waals surface area contributed by atoms with Crippen LogP contribution < -0.4 is 0 Å². The van der Waals surface area contributed by atoms with Gasteiger partial charge in [-0.1, -0.05) is 65.8 Å². The van der Waals surface area contributed by atoms with E-state index in [4.69, 9.17) is 0 Å². The third-order valence-corrected chi connectivity index (χ3v) is 4.84. The van der Waals surface area contributed by atoms with E-state index in [0.29, 0.717) is 16.7 Å². The lowest BCUT2D eigenvalue weighted by atomic mass is 9.81. The molecule has 2 aromatic rings. The zero-order valence-corrected chi connectivity index (χ0v) is 17.1. The smallest absolute Gasteiger partial charge is 0.339 e. The van der Waals surface area contributed by atoms with E-state index >= 15 is 0 Å². The average molecular weight is 368 g/mol. The fourth-order valence-electron chi connectivity index (χ4n) is 3.11. The Kier molecular flexibility index (Phi) is 5.24. The van der Waals surface area contributed by atoms with Gasteiger partial charge in [0.2, 0.25) is 0 Å². The highest BCUT2D eigenvalue weighted by molar-refractivity contribution is 6.12. The highest BCUT2D eigenvalue weighted by atomic mass is 16.4. The summed E-state index contributed by atoms with van der Waals surface area (Å²) in [6.45, 7) is 13.5. The third kappa shape index (κ3) is 4.05. The fourth-order valence-corrected chi connectivity index (χ4v) is 3.11. The Bertz CT molecular complexity index is 892. The van der Waals surface area contributed by atoms with Crippen molar-refractivity contribution < 1.29 is 19.8 Å². The summed E-state index contributed by atoms with van der Waals surface area (Å²) in [4.78, 5) is 24.8. The van der Waals surface area contributed by atoms with E-state index in [1.807, 2.05) is 32.9 Å². The quantitative estimate of drug-likeness (QED) is 0.728. The molecule has 0 spiro atoms. The first kappa shape index (κ1) is 20.7. The highest BCUT2D eigenvalue weighted by Gasteiger charge is 2.28. The number of ketones is 1. The minimum absolute atomic E-state index is 0.0219. The molecule has 0 atom stereocenters. The molecule has 0 aliphatic heterocycles. The van der Waals surface area contributed by atoms with E-state index in [1.54, 1.807) is 25.1 Å². The minimum Gasteiger partial charge on any atom is -0.507 e. The number of rotatable bonds is 3. The zero-order chi connectivity index (χ0) is 20.7. The lowest BCUT2D eigenvalue weighted by Gasteiger charge is -2.24. The molecule has 0 heterocycles. The van der Waals surface area contributed by atoms with Crippen LogP contribution in [0.5, 0.6) is 5.75 Å². The molecule has 27 heavy (non-hydrogen) atoms. The molecule has 4 heteroatoms. The SMILES string of the molecule is Cc1c(C(=O)c2ccc(C(C)(C)C)cc2)cc(C(C)(C)C)c(O)c1C(=O)O. The number of carbonyl (C=O) groups is 2. The van der Waals surface area contributed by atoms with Crippen LogP contribution in [0.15, 0.2) is 30.3 Å². The van der Waals surface area contributed by atoms with Crippen LogP contribution >= 0.6 is 0 Å². The van der Waals surface area contributed by atoms with E-state index < -0.39 is 11.4 Å². The standard InChI is InChI=1S/C23H28O4/c1-13-16(12-17(23(5,6)7)20(25)18(13)21(26)27)19(24)14-8-10-15(11-9-14)22(2,3)4/h8-12,25H,1-7H3,(H,26,27). The fraction of sp³-hybridized carbons (Fsp3) is 0.391. The number of aromatic carboxylic acids is 1.